The van der Waals surface area contributed by atoms with Gasteiger partial charge in [0.15, 0.2) is 0 Å². The molecule has 0 radical (unpaired) electrons. The number of carboxylic acid groups (broad SMARTS) is 1. The van der Waals surface area contributed by atoms with E-state index in [9.17, 15) is 9.59 Å². The van der Waals surface area contributed by atoms with Crippen molar-refractivity contribution in [3.05, 3.63) is 42.2 Å². The molecule has 1 aromatic carbocycles. The van der Waals surface area contributed by atoms with Gasteiger partial charge in [0.05, 0.1) is 12.0 Å². The quantitative estimate of drug-likeness (QED) is 0.890. The molecule has 5 heteroatoms. The fourth-order valence-corrected chi connectivity index (χ4v) is 2.40. The summed E-state index contributed by atoms with van der Waals surface area (Å²) in [4.78, 5) is 29.3. The molecular weight excluding hydrogens is 280 g/mol. The van der Waals surface area contributed by atoms with Crippen molar-refractivity contribution in [2.75, 3.05) is 13.1 Å². The summed E-state index contributed by atoms with van der Waals surface area (Å²) < 4.78 is 0. The normalized spacial score (nSPS) is 10.9. The number of hydrogen-bond acceptors (Lipinski definition) is 3. The third-order valence-electron chi connectivity index (χ3n) is 3.37. The molecule has 22 heavy (non-hydrogen) atoms. The highest BCUT2D eigenvalue weighted by molar-refractivity contribution is 6.06. The minimum Gasteiger partial charge on any atom is -0.481 e. The van der Waals surface area contributed by atoms with Gasteiger partial charge in [-0.25, -0.2) is 0 Å². The van der Waals surface area contributed by atoms with E-state index in [2.05, 4.69) is 4.98 Å². The number of fused-ring (bicyclic) bond motifs is 1. The van der Waals surface area contributed by atoms with E-state index in [1.807, 2.05) is 38.1 Å². The number of benzene rings is 1. The van der Waals surface area contributed by atoms with Crippen molar-refractivity contribution in [2.45, 2.75) is 20.3 Å². The molecule has 116 valence electrons. The van der Waals surface area contributed by atoms with Crippen LogP contribution in [-0.2, 0) is 4.79 Å². The Morgan fingerprint density at radius 1 is 1.23 bits per heavy atom. The zero-order valence-electron chi connectivity index (χ0n) is 12.8. The largest absolute Gasteiger partial charge is 0.481 e. The number of nitrogens with zero attached hydrogens (tertiary/aromatic N) is 2. The summed E-state index contributed by atoms with van der Waals surface area (Å²) in [5.41, 5.74) is 0.518. The van der Waals surface area contributed by atoms with Crippen LogP contribution in [0.1, 0.15) is 30.6 Å². The molecule has 1 aromatic heterocycles. The first-order chi connectivity index (χ1) is 10.5. The molecule has 1 amide bonds. The molecule has 2 rings (SSSR count). The molecule has 0 saturated carbocycles. The van der Waals surface area contributed by atoms with Gasteiger partial charge in [-0.1, -0.05) is 38.1 Å². The van der Waals surface area contributed by atoms with E-state index >= 15 is 0 Å². The van der Waals surface area contributed by atoms with Gasteiger partial charge in [0, 0.05) is 30.9 Å². The Morgan fingerprint density at radius 3 is 2.64 bits per heavy atom. The Hall–Kier alpha value is -2.43. The van der Waals surface area contributed by atoms with Gasteiger partial charge in [0.1, 0.15) is 0 Å². The Balaban J connectivity index is 2.33. The number of aromatic nitrogens is 1. The number of carbonyl (C=O) groups excluding carboxylic acids is 1. The summed E-state index contributed by atoms with van der Waals surface area (Å²) in [5, 5.41) is 10.6. The number of rotatable bonds is 6. The highest BCUT2D eigenvalue weighted by Gasteiger charge is 2.20. The van der Waals surface area contributed by atoms with Crippen molar-refractivity contribution in [1.82, 2.24) is 9.88 Å². The predicted octanol–water partition coefficient (Wildman–Crippen LogP) is 2.81. The van der Waals surface area contributed by atoms with E-state index < -0.39 is 5.97 Å². The van der Waals surface area contributed by atoms with Crippen molar-refractivity contribution in [3.8, 4) is 0 Å². The fraction of sp³-hybridized carbons (Fsp3) is 0.353. The molecular formula is C17H20N2O3. The average Bonchev–Trinajstić information content (AvgIpc) is 2.49. The van der Waals surface area contributed by atoms with E-state index in [0.717, 1.165) is 10.8 Å². The van der Waals surface area contributed by atoms with Crippen LogP contribution in [-0.4, -0.2) is 40.0 Å². The van der Waals surface area contributed by atoms with Crippen LogP contribution in [0.3, 0.4) is 0 Å². The van der Waals surface area contributed by atoms with Crippen LogP contribution < -0.4 is 0 Å². The van der Waals surface area contributed by atoms with Gasteiger partial charge >= 0.3 is 5.97 Å². The van der Waals surface area contributed by atoms with Crippen molar-refractivity contribution in [3.63, 3.8) is 0 Å². The van der Waals surface area contributed by atoms with Crippen LogP contribution in [0.5, 0.6) is 0 Å². The summed E-state index contributed by atoms with van der Waals surface area (Å²) in [6.45, 7) is 4.73. The monoisotopic (exact) mass is 300 g/mol. The smallest absolute Gasteiger partial charge is 0.305 e. The summed E-state index contributed by atoms with van der Waals surface area (Å²) in [6.07, 6.45) is 3.21. The number of amides is 1. The SMILES string of the molecule is CC(C)CN(CCC(=O)O)C(=O)c1cncc2ccccc12. The number of carboxylic acids is 1. The number of hydrogen-bond donors (Lipinski definition) is 1. The number of carbonyl (C=O) groups is 2. The van der Waals surface area contributed by atoms with Crippen LogP contribution in [0.25, 0.3) is 10.8 Å². The van der Waals surface area contributed by atoms with Crippen molar-refractivity contribution >= 4 is 22.6 Å². The average molecular weight is 300 g/mol. The molecule has 0 bridgehead atoms. The third-order valence-corrected chi connectivity index (χ3v) is 3.37. The summed E-state index contributed by atoms with van der Waals surface area (Å²) >= 11 is 0. The topological polar surface area (TPSA) is 70.5 Å². The zero-order valence-corrected chi connectivity index (χ0v) is 12.8. The van der Waals surface area contributed by atoms with Crippen molar-refractivity contribution in [1.29, 1.82) is 0 Å². The summed E-state index contributed by atoms with van der Waals surface area (Å²) in [5.74, 6) is -0.808. The predicted molar refractivity (Wildman–Crippen MR) is 84.7 cm³/mol. The van der Waals surface area contributed by atoms with Gasteiger partial charge in [-0.3, -0.25) is 14.6 Å². The lowest BCUT2D eigenvalue weighted by atomic mass is 10.1. The second kappa shape index (κ2) is 7.02. The van der Waals surface area contributed by atoms with E-state index in [-0.39, 0.29) is 24.8 Å². The lowest BCUT2D eigenvalue weighted by Crippen LogP contribution is -2.36. The molecule has 5 nitrogen and oxygen atoms in total. The summed E-state index contributed by atoms with van der Waals surface area (Å²) in [6, 6.07) is 7.57. The molecule has 2 aromatic rings. The number of aliphatic carboxylic acids is 1. The van der Waals surface area contributed by atoms with Crippen LogP contribution in [0.4, 0.5) is 0 Å². The van der Waals surface area contributed by atoms with Gasteiger partial charge in [0.25, 0.3) is 5.91 Å². The van der Waals surface area contributed by atoms with Gasteiger partial charge in [-0.2, -0.15) is 0 Å². The highest BCUT2D eigenvalue weighted by atomic mass is 16.4. The van der Waals surface area contributed by atoms with E-state index in [1.54, 1.807) is 17.3 Å². The zero-order chi connectivity index (χ0) is 16.1. The lowest BCUT2D eigenvalue weighted by molar-refractivity contribution is -0.137. The van der Waals surface area contributed by atoms with E-state index in [0.29, 0.717) is 12.1 Å². The minimum absolute atomic E-state index is 0.0589. The molecule has 1 heterocycles. The van der Waals surface area contributed by atoms with Gasteiger partial charge in [-0.15, -0.1) is 0 Å². The first-order valence-electron chi connectivity index (χ1n) is 7.33. The van der Waals surface area contributed by atoms with Gasteiger partial charge in [0.2, 0.25) is 0 Å². The van der Waals surface area contributed by atoms with Crippen molar-refractivity contribution < 1.29 is 14.7 Å². The second-order valence-corrected chi connectivity index (χ2v) is 5.70. The van der Waals surface area contributed by atoms with E-state index in [1.165, 1.54) is 0 Å². The molecule has 0 aliphatic carbocycles. The third kappa shape index (κ3) is 3.81. The first kappa shape index (κ1) is 15.9. The van der Waals surface area contributed by atoms with Crippen LogP contribution >= 0.6 is 0 Å². The standard InChI is InChI=1S/C17H20N2O3/c1-12(2)11-19(8-7-16(20)21)17(22)15-10-18-9-13-5-3-4-6-14(13)15/h3-6,9-10,12H,7-8,11H2,1-2H3,(H,20,21). The second-order valence-electron chi connectivity index (χ2n) is 5.70. The molecule has 1 N–H and O–H groups in total. The van der Waals surface area contributed by atoms with Crippen LogP contribution in [0, 0.1) is 5.92 Å². The maximum absolute atomic E-state index is 12.8. The number of pyridine rings is 1. The Morgan fingerprint density at radius 2 is 1.95 bits per heavy atom. The molecule has 0 saturated heterocycles. The highest BCUT2D eigenvalue weighted by Crippen LogP contribution is 2.19. The van der Waals surface area contributed by atoms with Crippen molar-refractivity contribution in [2.24, 2.45) is 5.92 Å². The molecule has 0 unspecified atom stereocenters. The van der Waals surface area contributed by atoms with Crippen LogP contribution in [0.2, 0.25) is 0 Å². The Bertz CT molecular complexity index is 677. The molecule has 0 aliphatic rings. The van der Waals surface area contributed by atoms with Crippen LogP contribution in [0.15, 0.2) is 36.7 Å². The fourth-order valence-electron chi connectivity index (χ4n) is 2.40. The van der Waals surface area contributed by atoms with E-state index in [4.69, 9.17) is 5.11 Å². The molecule has 0 atom stereocenters. The minimum atomic E-state index is -0.905. The van der Waals surface area contributed by atoms with Gasteiger partial charge < -0.3 is 10.0 Å². The molecule has 0 aliphatic heterocycles. The lowest BCUT2D eigenvalue weighted by Gasteiger charge is -2.24. The maximum atomic E-state index is 12.8. The summed E-state index contributed by atoms with van der Waals surface area (Å²) in [7, 11) is 0. The van der Waals surface area contributed by atoms with Gasteiger partial charge in [-0.05, 0) is 11.3 Å². The Labute approximate surface area is 129 Å². The molecule has 0 spiro atoms. The molecule has 0 fully saturated rings. The maximum Gasteiger partial charge on any atom is 0.305 e. The Kier molecular flexibility index (Phi) is 5.09. The first-order valence-corrected chi connectivity index (χ1v) is 7.33.